The van der Waals surface area contributed by atoms with Crippen molar-refractivity contribution in [2.24, 2.45) is 0 Å². The normalized spacial score (nSPS) is 11.9. The SMILES string of the molecule is O=[N+]([O-])c1cccc2c1ccn2COCC(F)(F)F. The molecule has 0 unspecified atom stereocenters. The number of halogens is 3. The number of hydrogen-bond acceptors (Lipinski definition) is 3. The van der Waals surface area contributed by atoms with E-state index in [1.807, 2.05) is 0 Å². The Morgan fingerprint density at radius 1 is 1.32 bits per heavy atom. The molecule has 1 aromatic carbocycles. The smallest absolute Gasteiger partial charge is 0.351 e. The predicted octanol–water partition coefficient (Wildman–Crippen LogP) is 3.09. The minimum atomic E-state index is -4.39. The Kier molecular flexibility index (Phi) is 3.43. The Morgan fingerprint density at radius 3 is 2.68 bits per heavy atom. The summed E-state index contributed by atoms with van der Waals surface area (Å²) in [4.78, 5) is 10.2. The largest absolute Gasteiger partial charge is 0.411 e. The van der Waals surface area contributed by atoms with E-state index in [2.05, 4.69) is 4.74 Å². The number of nitro groups is 1. The van der Waals surface area contributed by atoms with E-state index < -0.39 is 17.7 Å². The zero-order chi connectivity index (χ0) is 14.0. The van der Waals surface area contributed by atoms with E-state index >= 15 is 0 Å². The van der Waals surface area contributed by atoms with Crippen LogP contribution in [0.5, 0.6) is 0 Å². The van der Waals surface area contributed by atoms with E-state index in [1.54, 1.807) is 6.07 Å². The summed E-state index contributed by atoms with van der Waals surface area (Å²) in [6, 6.07) is 5.87. The summed E-state index contributed by atoms with van der Waals surface area (Å²) in [5.74, 6) is 0. The molecule has 0 aliphatic rings. The van der Waals surface area contributed by atoms with Crippen molar-refractivity contribution in [3.05, 3.63) is 40.6 Å². The minimum absolute atomic E-state index is 0.0907. The molecular formula is C11H9F3N2O3. The van der Waals surface area contributed by atoms with Crippen molar-refractivity contribution in [2.75, 3.05) is 6.61 Å². The second-order valence-electron chi connectivity index (χ2n) is 3.85. The van der Waals surface area contributed by atoms with Gasteiger partial charge in [0.15, 0.2) is 0 Å². The van der Waals surface area contributed by atoms with Gasteiger partial charge in [0, 0.05) is 12.3 Å². The average Bonchev–Trinajstić information content (AvgIpc) is 2.70. The molecule has 1 heterocycles. The third-order valence-electron chi connectivity index (χ3n) is 2.48. The summed E-state index contributed by atoms with van der Waals surface area (Å²) in [6.07, 6.45) is -2.94. The number of nitro benzene ring substituents is 1. The van der Waals surface area contributed by atoms with Gasteiger partial charge in [0.1, 0.15) is 13.3 Å². The summed E-state index contributed by atoms with van der Waals surface area (Å²) in [5, 5.41) is 11.1. The first kappa shape index (κ1) is 13.3. The summed E-state index contributed by atoms with van der Waals surface area (Å²) < 4.78 is 41.7. The van der Waals surface area contributed by atoms with Crippen molar-refractivity contribution in [1.29, 1.82) is 0 Å². The lowest BCUT2D eigenvalue weighted by Gasteiger charge is -2.09. The highest BCUT2D eigenvalue weighted by molar-refractivity contribution is 5.89. The lowest BCUT2D eigenvalue weighted by Crippen LogP contribution is -2.18. The van der Waals surface area contributed by atoms with Crippen LogP contribution >= 0.6 is 0 Å². The first-order chi connectivity index (χ1) is 8.88. The average molecular weight is 274 g/mol. The van der Waals surface area contributed by atoms with Gasteiger partial charge in [-0.05, 0) is 12.1 Å². The fraction of sp³-hybridized carbons (Fsp3) is 0.273. The van der Waals surface area contributed by atoms with Crippen LogP contribution in [0.15, 0.2) is 30.5 Å². The Morgan fingerprint density at radius 2 is 2.05 bits per heavy atom. The summed E-state index contributed by atoms with van der Waals surface area (Å²) >= 11 is 0. The Balaban J connectivity index is 2.22. The number of fused-ring (bicyclic) bond motifs is 1. The molecule has 0 atom stereocenters. The van der Waals surface area contributed by atoms with Gasteiger partial charge in [0.2, 0.25) is 0 Å². The molecule has 8 heteroatoms. The standard InChI is InChI=1S/C11H9F3N2O3/c12-11(13,14)6-19-7-15-5-4-8-9(15)2-1-3-10(8)16(17)18/h1-5H,6-7H2. The molecule has 0 radical (unpaired) electrons. The van der Waals surface area contributed by atoms with Crippen LogP contribution in [0.2, 0.25) is 0 Å². The fourth-order valence-electron chi connectivity index (χ4n) is 1.74. The van der Waals surface area contributed by atoms with Gasteiger partial charge < -0.3 is 9.30 Å². The number of aromatic nitrogens is 1. The van der Waals surface area contributed by atoms with Crippen LogP contribution in [0.25, 0.3) is 10.9 Å². The second kappa shape index (κ2) is 4.88. The molecule has 0 saturated carbocycles. The lowest BCUT2D eigenvalue weighted by atomic mass is 10.2. The first-order valence-electron chi connectivity index (χ1n) is 5.25. The molecule has 0 saturated heterocycles. The molecule has 19 heavy (non-hydrogen) atoms. The van der Waals surface area contributed by atoms with Gasteiger partial charge in [0.05, 0.1) is 15.8 Å². The molecular weight excluding hydrogens is 265 g/mol. The molecule has 0 aliphatic carbocycles. The molecule has 0 spiro atoms. The van der Waals surface area contributed by atoms with E-state index in [1.165, 1.54) is 29.0 Å². The van der Waals surface area contributed by atoms with Crippen LogP contribution in [0.1, 0.15) is 0 Å². The molecule has 5 nitrogen and oxygen atoms in total. The van der Waals surface area contributed by atoms with Crippen molar-refractivity contribution in [2.45, 2.75) is 12.9 Å². The van der Waals surface area contributed by atoms with Gasteiger partial charge in [-0.1, -0.05) is 6.07 Å². The highest BCUT2D eigenvalue weighted by Gasteiger charge is 2.27. The maximum atomic E-state index is 11.9. The third-order valence-corrected chi connectivity index (χ3v) is 2.48. The highest BCUT2D eigenvalue weighted by atomic mass is 19.4. The molecule has 2 rings (SSSR count). The predicted molar refractivity (Wildman–Crippen MR) is 60.6 cm³/mol. The molecule has 0 fully saturated rings. The van der Waals surface area contributed by atoms with E-state index in [0.29, 0.717) is 10.9 Å². The van der Waals surface area contributed by atoms with E-state index in [4.69, 9.17) is 0 Å². The second-order valence-corrected chi connectivity index (χ2v) is 3.85. The van der Waals surface area contributed by atoms with Crippen LogP contribution in [-0.4, -0.2) is 22.3 Å². The topological polar surface area (TPSA) is 57.3 Å². The van der Waals surface area contributed by atoms with Crippen LogP contribution in [-0.2, 0) is 11.5 Å². The van der Waals surface area contributed by atoms with Gasteiger partial charge in [-0.25, -0.2) is 0 Å². The zero-order valence-electron chi connectivity index (χ0n) is 9.55. The van der Waals surface area contributed by atoms with Crippen LogP contribution in [0.4, 0.5) is 18.9 Å². The van der Waals surface area contributed by atoms with E-state index in [0.717, 1.165) is 0 Å². The quantitative estimate of drug-likeness (QED) is 0.636. The van der Waals surface area contributed by atoms with E-state index in [9.17, 15) is 23.3 Å². The molecule has 0 aliphatic heterocycles. The number of hydrogen-bond donors (Lipinski definition) is 0. The Bertz CT molecular complexity index is 607. The van der Waals surface area contributed by atoms with Gasteiger partial charge in [-0.15, -0.1) is 0 Å². The van der Waals surface area contributed by atoms with Crippen molar-refractivity contribution in [3.63, 3.8) is 0 Å². The zero-order valence-corrected chi connectivity index (χ0v) is 9.55. The van der Waals surface area contributed by atoms with Gasteiger partial charge in [-0.2, -0.15) is 13.2 Å². The first-order valence-corrected chi connectivity index (χ1v) is 5.25. The molecule has 102 valence electrons. The number of rotatable bonds is 4. The van der Waals surface area contributed by atoms with Crippen LogP contribution in [0, 0.1) is 10.1 Å². The Labute approximate surface area is 105 Å². The van der Waals surface area contributed by atoms with Gasteiger partial charge in [-0.3, -0.25) is 10.1 Å². The Hall–Kier alpha value is -2.09. The summed E-state index contributed by atoms with van der Waals surface area (Å²) in [6.45, 7) is -1.67. The molecule has 0 bridgehead atoms. The number of ether oxygens (including phenoxy) is 1. The maximum absolute atomic E-state index is 11.9. The number of alkyl halides is 3. The van der Waals surface area contributed by atoms with Crippen LogP contribution < -0.4 is 0 Å². The van der Waals surface area contributed by atoms with E-state index in [-0.39, 0.29) is 12.4 Å². The molecule has 2 aromatic rings. The summed E-state index contributed by atoms with van der Waals surface area (Å²) in [7, 11) is 0. The minimum Gasteiger partial charge on any atom is -0.351 e. The third kappa shape index (κ3) is 3.02. The lowest BCUT2D eigenvalue weighted by molar-refractivity contribution is -0.383. The molecule has 0 N–H and O–H groups in total. The van der Waals surface area contributed by atoms with Gasteiger partial charge in [0.25, 0.3) is 5.69 Å². The summed E-state index contributed by atoms with van der Waals surface area (Å²) in [5.41, 5.74) is 0.364. The van der Waals surface area contributed by atoms with Gasteiger partial charge >= 0.3 is 6.18 Å². The fourth-order valence-corrected chi connectivity index (χ4v) is 1.74. The van der Waals surface area contributed by atoms with Crippen molar-refractivity contribution in [1.82, 2.24) is 4.57 Å². The maximum Gasteiger partial charge on any atom is 0.411 e. The molecule has 0 amide bonds. The number of non-ortho nitro benzene ring substituents is 1. The molecule has 1 aromatic heterocycles. The highest BCUT2D eigenvalue weighted by Crippen LogP contribution is 2.26. The monoisotopic (exact) mass is 274 g/mol. The van der Waals surface area contributed by atoms with Crippen molar-refractivity contribution < 1.29 is 22.8 Å². The van der Waals surface area contributed by atoms with Crippen molar-refractivity contribution in [3.8, 4) is 0 Å². The van der Waals surface area contributed by atoms with Crippen molar-refractivity contribution >= 4 is 16.6 Å². The van der Waals surface area contributed by atoms with Crippen LogP contribution in [0.3, 0.4) is 0 Å². The number of nitrogens with zero attached hydrogens (tertiary/aromatic N) is 2. The number of benzene rings is 1.